The first-order chi connectivity index (χ1) is 12.9. The van der Waals surface area contributed by atoms with Crippen LogP contribution in [0.5, 0.6) is 0 Å². The molecule has 2 rings (SSSR count). The molecule has 0 aliphatic carbocycles. The monoisotopic (exact) mass is 388 g/mol. The van der Waals surface area contributed by atoms with Crippen LogP contribution in [-0.2, 0) is 16.1 Å². The predicted octanol–water partition coefficient (Wildman–Crippen LogP) is 3.39. The van der Waals surface area contributed by atoms with Gasteiger partial charge in [-0.25, -0.2) is 9.78 Å². The number of aromatic nitrogens is 3. The van der Waals surface area contributed by atoms with Gasteiger partial charge in [-0.2, -0.15) is 5.10 Å². The largest absolute Gasteiger partial charge is 0.462 e. The van der Waals surface area contributed by atoms with Crippen molar-refractivity contribution in [1.29, 1.82) is 0 Å². The fraction of sp³-hybridized carbons (Fsp3) is 0.368. The van der Waals surface area contributed by atoms with Gasteiger partial charge in [-0.05, 0) is 33.8 Å². The van der Waals surface area contributed by atoms with Gasteiger partial charge in [-0.1, -0.05) is 17.4 Å². The number of hydrogen-bond acceptors (Lipinski definition) is 6. The van der Waals surface area contributed by atoms with Gasteiger partial charge in [0.2, 0.25) is 0 Å². The van der Waals surface area contributed by atoms with Crippen LogP contribution in [0.3, 0.4) is 0 Å². The van der Waals surface area contributed by atoms with E-state index < -0.39 is 5.97 Å². The van der Waals surface area contributed by atoms with Gasteiger partial charge in [0.1, 0.15) is 4.88 Å². The van der Waals surface area contributed by atoms with E-state index >= 15 is 0 Å². The van der Waals surface area contributed by atoms with Gasteiger partial charge < -0.3 is 4.74 Å². The lowest BCUT2D eigenvalue weighted by molar-refractivity contribution is -0.114. The highest BCUT2D eigenvalue weighted by Gasteiger charge is 2.22. The van der Waals surface area contributed by atoms with E-state index in [1.807, 2.05) is 24.7 Å². The molecule has 0 atom stereocenters. The van der Waals surface area contributed by atoms with Crippen molar-refractivity contribution >= 4 is 34.4 Å². The Kier molecular flexibility index (Phi) is 7.06. The molecule has 0 bridgehead atoms. The Hall–Kier alpha value is -2.74. The fourth-order valence-electron chi connectivity index (χ4n) is 2.39. The molecule has 0 aliphatic heterocycles. The molecule has 0 saturated carbocycles. The molecule has 0 aliphatic rings. The second kappa shape index (κ2) is 9.27. The molecular formula is C19H24N4O3S. The van der Waals surface area contributed by atoms with Gasteiger partial charge in [0, 0.05) is 30.9 Å². The Morgan fingerprint density at radius 3 is 2.67 bits per heavy atom. The first-order valence-corrected chi connectivity index (χ1v) is 9.51. The summed E-state index contributed by atoms with van der Waals surface area (Å²) < 4.78 is 6.85. The highest BCUT2D eigenvalue weighted by Crippen LogP contribution is 2.27. The van der Waals surface area contributed by atoms with Crippen LogP contribution in [0.1, 0.15) is 40.5 Å². The number of carbonyl (C=O) groups excluding carboxylic acids is 2. The standard InChI is InChI=1S/C19H24N4O3S/c1-6-11-23(19-20-14(5)17(27-19)18(25)26-8-3)16(24)10-9-15-12-22(7-2)21-13(15)4/h6,9-10,12H,1,7-8,11H2,2-5H3. The van der Waals surface area contributed by atoms with Crippen LogP contribution in [-0.4, -0.2) is 39.8 Å². The van der Waals surface area contributed by atoms with Crippen molar-refractivity contribution < 1.29 is 14.3 Å². The Balaban J connectivity index is 2.26. The molecule has 0 aromatic carbocycles. The summed E-state index contributed by atoms with van der Waals surface area (Å²) in [5, 5.41) is 4.80. The second-order valence-electron chi connectivity index (χ2n) is 5.73. The molecule has 0 unspecified atom stereocenters. The zero-order valence-corrected chi connectivity index (χ0v) is 16.9. The lowest BCUT2D eigenvalue weighted by Crippen LogP contribution is -2.29. The molecule has 0 N–H and O–H groups in total. The van der Waals surface area contributed by atoms with E-state index in [-0.39, 0.29) is 19.1 Å². The van der Waals surface area contributed by atoms with Crippen molar-refractivity contribution in [3.05, 3.63) is 46.8 Å². The normalized spacial score (nSPS) is 11.0. The lowest BCUT2D eigenvalue weighted by Gasteiger charge is -2.15. The molecule has 2 heterocycles. The summed E-state index contributed by atoms with van der Waals surface area (Å²) in [6, 6.07) is 0. The molecule has 8 heteroatoms. The zero-order valence-electron chi connectivity index (χ0n) is 16.1. The average molecular weight is 388 g/mol. The number of thiazole rings is 1. The summed E-state index contributed by atoms with van der Waals surface area (Å²) in [4.78, 5) is 31.0. The Morgan fingerprint density at radius 2 is 2.07 bits per heavy atom. The van der Waals surface area contributed by atoms with Gasteiger partial charge in [-0.3, -0.25) is 14.4 Å². The maximum atomic E-state index is 12.7. The van der Waals surface area contributed by atoms with Crippen LogP contribution in [0.25, 0.3) is 6.08 Å². The molecule has 144 valence electrons. The molecule has 0 spiro atoms. The number of carbonyl (C=O) groups is 2. The van der Waals surface area contributed by atoms with Gasteiger partial charge in [0.15, 0.2) is 5.13 Å². The smallest absolute Gasteiger partial charge is 0.350 e. The van der Waals surface area contributed by atoms with Gasteiger partial charge in [-0.15, -0.1) is 6.58 Å². The molecule has 0 fully saturated rings. The van der Waals surface area contributed by atoms with Gasteiger partial charge in [0.25, 0.3) is 5.91 Å². The zero-order chi connectivity index (χ0) is 20.0. The SMILES string of the molecule is C=CCN(C(=O)C=Cc1cn(CC)nc1C)c1nc(C)c(C(=O)OCC)s1. The van der Waals surface area contributed by atoms with Gasteiger partial charge >= 0.3 is 5.97 Å². The van der Waals surface area contributed by atoms with Crippen molar-refractivity contribution in [2.24, 2.45) is 0 Å². The molecule has 7 nitrogen and oxygen atoms in total. The van der Waals surface area contributed by atoms with Gasteiger partial charge in [0.05, 0.1) is 18.0 Å². The van der Waals surface area contributed by atoms with Crippen molar-refractivity contribution in [3.63, 3.8) is 0 Å². The van der Waals surface area contributed by atoms with E-state index in [9.17, 15) is 9.59 Å². The van der Waals surface area contributed by atoms with Crippen LogP contribution >= 0.6 is 11.3 Å². The Morgan fingerprint density at radius 1 is 1.33 bits per heavy atom. The Labute approximate surface area is 163 Å². The molecule has 2 aromatic heterocycles. The summed E-state index contributed by atoms with van der Waals surface area (Å²) >= 11 is 1.14. The summed E-state index contributed by atoms with van der Waals surface area (Å²) in [7, 11) is 0. The van der Waals surface area contributed by atoms with E-state index in [1.165, 1.54) is 11.0 Å². The summed E-state index contributed by atoms with van der Waals surface area (Å²) in [5.74, 6) is -0.675. The van der Waals surface area contributed by atoms with Crippen LogP contribution in [0.4, 0.5) is 5.13 Å². The van der Waals surface area contributed by atoms with Crippen molar-refractivity contribution in [2.75, 3.05) is 18.1 Å². The van der Waals surface area contributed by atoms with E-state index in [0.717, 1.165) is 29.1 Å². The number of hydrogen-bond donors (Lipinski definition) is 0. The van der Waals surface area contributed by atoms with Crippen molar-refractivity contribution in [1.82, 2.24) is 14.8 Å². The van der Waals surface area contributed by atoms with Crippen LogP contribution in [0.2, 0.25) is 0 Å². The number of rotatable bonds is 8. The third-order valence-corrected chi connectivity index (χ3v) is 4.93. The van der Waals surface area contributed by atoms with E-state index in [0.29, 0.717) is 15.7 Å². The number of anilines is 1. The molecule has 1 amide bonds. The molecule has 2 aromatic rings. The minimum Gasteiger partial charge on any atom is -0.462 e. The summed E-state index contributed by atoms with van der Waals surface area (Å²) in [6.45, 7) is 12.4. The van der Waals surface area contributed by atoms with E-state index in [4.69, 9.17) is 4.74 Å². The molecule has 0 saturated heterocycles. The second-order valence-corrected chi connectivity index (χ2v) is 6.71. The number of nitrogens with zero attached hydrogens (tertiary/aromatic N) is 4. The third kappa shape index (κ3) is 4.91. The van der Waals surface area contributed by atoms with Crippen molar-refractivity contribution in [2.45, 2.75) is 34.2 Å². The Bertz CT molecular complexity index is 866. The minimum atomic E-state index is -0.428. The number of ether oxygens (including phenoxy) is 1. The number of amides is 1. The van der Waals surface area contributed by atoms with E-state index in [1.54, 1.807) is 26.0 Å². The molecule has 0 radical (unpaired) electrons. The third-order valence-electron chi connectivity index (χ3n) is 3.77. The minimum absolute atomic E-state index is 0.247. The van der Waals surface area contributed by atoms with Crippen LogP contribution in [0, 0.1) is 13.8 Å². The quantitative estimate of drug-likeness (QED) is 0.394. The molecule has 27 heavy (non-hydrogen) atoms. The topological polar surface area (TPSA) is 77.3 Å². The van der Waals surface area contributed by atoms with Crippen LogP contribution in [0.15, 0.2) is 24.9 Å². The van der Waals surface area contributed by atoms with Crippen LogP contribution < -0.4 is 4.90 Å². The average Bonchev–Trinajstić information content (AvgIpc) is 3.20. The predicted molar refractivity (Wildman–Crippen MR) is 107 cm³/mol. The first-order valence-electron chi connectivity index (χ1n) is 8.70. The maximum absolute atomic E-state index is 12.7. The van der Waals surface area contributed by atoms with E-state index in [2.05, 4.69) is 16.7 Å². The number of esters is 1. The molecular weight excluding hydrogens is 364 g/mol. The summed E-state index contributed by atoms with van der Waals surface area (Å²) in [5.41, 5.74) is 2.27. The highest BCUT2D eigenvalue weighted by molar-refractivity contribution is 7.17. The maximum Gasteiger partial charge on any atom is 0.350 e. The lowest BCUT2D eigenvalue weighted by atomic mass is 10.2. The highest BCUT2D eigenvalue weighted by atomic mass is 32.1. The number of aryl methyl sites for hydroxylation is 3. The fourth-order valence-corrected chi connectivity index (χ4v) is 3.36. The van der Waals surface area contributed by atoms with Crippen molar-refractivity contribution in [3.8, 4) is 0 Å². The first kappa shape index (κ1) is 20.6. The summed E-state index contributed by atoms with van der Waals surface area (Å²) in [6.07, 6.45) is 6.73.